The summed E-state index contributed by atoms with van der Waals surface area (Å²) in [5, 5.41) is 2.79. The minimum absolute atomic E-state index is 0.00257. The maximum absolute atomic E-state index is 7.73. The van der Waals surface area contributed by atoms with E-state index in [4.69, 9.17) is 13.9 Å². The molecule has 1 saturated heterocycles. The average molecular weight is 681 g/mol. The summed E-state index contributed by atoms with van der Waals surface area (Å²) in [4.78, 5) is 0. The first-order valence-corrected chi connectivity index (χ1v) is 21.7. The van der Waals surface area contributed by atoms with Crippen LogP contribution in [0.5, 0.6) is 0 Å². The second-order valence-electron chi connectivity index (χ2n) is 18.4. The van der Waals surface area contributed by atoms with E-state index in [1.54, 1.807) is 11.1 Å². The predicted molar refractivity (Wildman–Crippen MR) is 206 cm³/mol. The van der Waals surface area contributed by atoms with Crippen LogP contribution in [0.2, 0.25) is 5.04 Å². The van der Waals surface area contributed by atoms with Gasteiger partial charge in [-0.1, -0.05) is 139 Å². The predicted octanol–water partition coefficient (Wildman–Crippen LogP) is 10.2. The van der Waals surface area contributed by atoms with Crippen molar-refractivity contribution >= 4 is 18.7 Å². The zero-order valence-electron chi connectivity index (χ0n) is 31.9. The molecule has 7 rings (SSSR count). The number of ether oxygens (including phenoxy) is 2. The second-order valence-corrected chi connectivity index (χ2v) is 22.7. The molecule has 1 aliphatic heterocycles. The number of benzene rings is 2. The van der Waals surface area contributed by atoms with E-state index in [-0.39, 0.29) is 22.0 Å². The fraction of sp³-hybridized carbons (Fsp3) is 0.644. The fourth-order valence-electron chi connectivity index (χ4n) is 11.7. The van der Waals surface area contributed by atoms with E-state index >= 15 is 0 Å². The lowest BCUT2D eigenvalue weighted by atomic mass is 9.47. The van der Waals surface area contributed by atoms with E-state index in [1.165, 1.54) is 42.5 Å². The minimum Gasteiger partial charge on any atom is -0.404 e. The molecule has 0 amide bonds. The normalized spacial score (nSPS) is 33.3. The molecule has 0 unspecified atom stereocenters. The van der Waals surface area contributed by atoms with Crippen molar-refractivity contribution in [3.63, 3.8) is 0 Å². The monoisotopic (exact) mass is 680 g/mol. The zero-order chi connectivity index (χ0) is 34.7. The Hall–Kier alpha value is -1.98. The second kappa shape index (κ2) is 13.2. The highest BCUT2D eigenvalue weighted by atomic mass is 28.4. The molecule has 0 N–H and O–H groups in total. The first kappa shape index (κ1) is 35.4. The summed E-state index contributed by atoms with van der Waals surface area (Å²) in [7, 11) is -2.58. The van der Waals surface area contributed by atoms with Crippen molar-refractivity contribution in [2.75, 3.05) is 13.2 Å². The van der Waals surface area contributed by atoms with Crippen LogP contribution in [0, 0.1) is 40.4 Å². The largest absolute Gasteiger partial charge is 0.404 e. The maximum atomic E-state index is 7.73. The summed E-state index contributed by atoms with van der Waals surface area (Å²) in [6.07, 6.45) is 16.3. The zero-order valence-corrected chi connectivity index (χ0v) is 32.9. The molecule has 5 aliphatic rings. The van der Waals surface area contributed by atoms with Gasteiger partial charge >= 0.3 is 0 Å². The van der Waals surface area contributed by atoms with Gasteiger partial charge in [0.25, 0.3) is 8.32 Å². The van der Waals surface area contributed by atoms with Crippen LogP contribution in [-0.2, 0) is 13.9 Å². The molecular weight excluding hydrogens is 617 g/mol. The van der Waals surface area contributed by atoms with Crippen molar-refractivity contribution in [3.8, 4) is 0 Å². The van der Waals surface area contributed by atoms with E-state index in [0.717, 1.165) is 50.7 Å². The van der Waals surface area contributed by atoms with Crippen molar-refractivity contribution in [1.82, 2.24) is 0 Å². The van der Waals surface area contributed by atoms with E-state index < -0.39 is 14.1 Å². The number of fused-ring (bicyclic) bond motifs is 5. The quantitative estimate of drug-likeness (QED) is 0.195. The van der Waals surface area contributed by atoms with Gasteiger partial charge in [0.1, 0.15) is 0 Å². The number of rotatable bonds is 9. The lowest BCUT2D eigenvalue weighted by Crippen LogP contribution is -2.68. The molecule has 4 aliphatic carbocycles. The molecule has 266 valence electrons. The van der Waals surface area contributed by atoms with Crippen molar-refractivity contribution in [2.24, 2.45) is 40.4 Å². The summed E-state index contributed by atoms with van der Waals surface area (Å²) in [6.45, 7) is 21.0. The van der Waals surface area contributed by atoms with Crippen LogP contribution in [0.1, 0.15) is 113 Å². The van der Waals surface area contributed by atoms with Gasteiger partial charge in [-0.15, -0.1) is 0 Å². The van der Waals surface area contributed by atoms with Crippen molar-refractivity contribution in [2.45, 2.75) is 130 Å². The number of allylic oxidation sites excluding steroid dienone is 2. The van der Waals surface area contributed by atoms with Crippen LogP contribution in [0.25, 0.3) is 0 Å². The third-order valence-corrected chi connectivity index (χ3v) is 19.5. The van der Waals surface area contributed by atoms with Gasteiger partial charge in [-0.3, -0.25) is 0 Å². The van der Waals surface area contributed by atoms with Gasteiger partial charge in [-0.05, 0) is 101 Å². The van der Waals surface area contributed by atoms with Crippen molar-refractivity contribution in [1.29, 1.82) is 0 Å². The SMILES string of the molecule is CC(C)CCC1([C@@H](C)C2=CC[C@H]3[C@@H]4CC=C5C[C@@H](O[Si](c6ccccc6)(c6ccccc6)C(C)(C)C)CC[C@]5(C)[C@H]4CC[C@]23C)OCCO1. The van der Waals surface area contributed by atoms with Crippen LogP contribution < -0.4 is 10.4 Å². The standard InChI is InChI=1S/C45H64O3Si/c1-32(2)23-28-45(46-29-30-47-45)33(3)39-21-22-40-38-20-19-34-31-35(24-26-43(34,7)41(38)25-27-44(39,40)8)48-49(42(4,5)6,36-15-11-9-12-16-36)37-17-13-10-14-18-37/h9-19,21,32-33,35,38,40-41H,20,22-31H2,1-8H3/t33-,35-,38-,40-,41-,43-,44+/m0/s1. The Bertz CT molecular complexity index is 1480. The molecule has 0 bridgehead atoms. The Balaban J connectivity index is 1.13. The summed E-state index contributed by atoms with van der Waals surface area (Å²) in [5.41, 5.74) is 3.86. The van der Waals surface area contributed by atoms with E-state index in [9.17, 15) is 0 Å². The molecule has 0 aromatic heterocycles. The highest BCUT2D eigenvalue weighted by molar-refractivity contribution is 6.99. The van der Waals surface area contributed by atoms with Crippen molar-refractivity contribution < 1.29 is 13.9 Å². The molecular formula is C45H64O3Si. The van der Waals surface area contributed by atoms with Crippen molar-refractivity contribution in [3.05, 3.63) is 84.0 Å². The molecule has 2 aromatic rings. The first-order chi connectivity index (χ1) is 23.3. The van der Waals surface area contributed by atoms with Gasteiger partial charge in [0.05, 0.1) is 13.2 Å². The molecule has 3 nitrogen and oxygen atoms in total. The smallest absolute Gasteiger partial charge is 0.261 e. The van der Waals surface area contributed by atoms with Gasteiger partial charge in [0, 0.05) is 18.4 Å². The van der Waals surface area contributed by atoms with Gasteiger partial charge in [-0.25, -0.2) is 0 Å². The maximum Gasteiger partial charge on any atom is 0.261 e. The Labute approximate surface area is 299 Å². The molecule has 7 atom stereocenters. The molecule has 0 radical (unpaired) electrons. The van der Waals surface area contributed by atoms with Gasteiger partial charge in [0.15, 0.2) is 5.79 Å². The Kier molecular flexibility index (Phi) is 9.55. The van der Waals surface area contributed by atoms with Crippen LogP contribution in [0.15, 0.2) is 84.0 Å². The third kappa shape index (κ3) is 5.89. The summed E-state index contributed by atoms with van der Waals surface area (Å²) >= 11 is 0. The molecule has 1 heterocycles. The lowest BCUT2D eigenvalue weighted by molar-refractivity contribution is -0.193. The minimum atomic E-state index is -2.58. The molecule has 0 spiro atoms. The number of hydrogen-bond donors (Lipinski definition) is 0. The van der Waals surface area contributed by atoms with E-state index in [1.807, 2.05) is 0 Å². The average Bonchev–Trinajstić information content (AvgIpc) is 3.71. The summed E-state index contributed by atoms with van der Waals surface area (Å²) < 4.78 is 20.8. The van der Waals surface area contributed by atoms with Gasteiger partial charge in [0.2, 0.25) is 0 Å². The fourth-order valence-corrected chi connectivity index (χ4v) is 16.5. The molecule has 49 heavy (non-hydrogen) atoms. The Morgan fingerprint density at radius 2 is 1.41 bits per heavy atom. The van der Waals surface area contributed by atoms with Crippen LogP contribution in [0.4, 0.5) is 0 Å². The van der Waals surface area contributed by atoms with Crippen LogP contribution >= 0.6 is 0 Å². The van der Waals surface area contributed by atoms with E-state index in [2.05, 4.69) is 128 Å². The lowest BCUT2D eigenvalue weighted by Gasteiger charge is -2.59. The summed E-state index contributed by atoms with van der Waals surface area (Å²) in [5.74, 6) is 2.74. The van der Waals surface area contributed by atoms with Gasteiger partial charge in [-0.2, -0.15) is 0 Å². The Morgan fingerprint density at radius 1 is 0.796 bits per heavy atom. The molecule has 2 saturated carbocycles. The summed E-state index contributed by atoms with van der Waals surface area (Å²) in [6, 6.07) is 22.5. The van der Waals surface area contributed by atoms with Gasteiger partial charge < -0.3 is 13.9 Å². The Morgan fingerprint density at radius 3 is 2.00 bits per heavy atom. The highest BCUT2D eigenvalue weighted by Crippen LogP contribution is 2.66. The molecule has 3 fully saturated rings. The first-order valence-electron chi connectivity index (χ1n) is 19.8. The van der Waals surface area contributed by atoms with Crippen LogP contribution in [0.3, 0.4) is 0 Å². The molecule has 4 heteroatoms. The van der Waals surface area contributed by atoms with E-state index in [0.29, 0.717) is 17.8 Å². The topological polar surface area (TPSA) is 27.7 Å². The number of hydrogen-bond acceptors (Lipinski definition) is 3. The van der Waals surface area contributed by atoms with Crippen LogP contribution in [-0.4, -0.2) is 33.4 Å². The third-order valence-electron chi connectivity index (χ3n) is 14.4. The highest BCUT2D eigenvalue weighted by Gasteiger charge is 2.60. The molecule has 2 aromatic carbocycles.